The Morgan fingerprint density at radius 1 is 1.10 bits per heavy atom. The van der Waals surface area contributed by atoms with Crippen LogP contribution in [-0.2, 0) is 6.42 Å². The Morgan fingerprint density at radius 2 is 1.90 bits per heavy atom. The molecule has 0 aliphatic heterocycles. The van der Waals surface area contributed by atoms with Crippen LogP contribution in [0.5, 0.6) is 0 Å². The molecule has 0 radical (unpaired) electrons. The van der Waals surface area contributed by atoms with Crippen molar-refractivity contribution in [2.24, 2.45) is 5.73 Å². The van der Waals surface area contributed by atoms with E-state index in [1.807, 2.05) is 18.2 Å². The molecule has 0 saturated heterocycles. The maximum absolute atomic E-state index is 6.23. The Balaban J connectivity index is 1.89. The van der Waals surface area contributed by atoms with Crippen LogP contribution in [0.25, 0.3) is 0 Å². The highest BCUT2D eigenvalue weighted by molar-refractivity contribution is 7.99. The van der Waals surface area contributed by atoms with E-state index in [2.05, 4.69) is 38.1 Å². The second kappa shape index (κ2) is 7.16. The van der Waals surface area contributed by atoms with E-state index >= 15 is 0 Å². The molecule has 20 heavy (non-hydrogen) atoms. The molecule has 0 fully saturated rings. The van der Waals surface area contributed by atoms with Crippen LogP contribution in [0.1, 0.15) is 16.7 Å². The van der Waals surface area contributed by atoms with E-state index in [1.165, 1.54) is 21.6 Å². The fraction of sp³-hybridized carbons (Fsp3) is 0.294. The third kappa shape index (κ3) is 4.55. The van der Waals surface area contributed by atoms with Gasteiger partial charge in [-0.2, -0.15) is 0 Å². The van der Waals surface area contributed by atoms with Crippen LogP contribution in [0.3, 0.4) is 0 Å². The number of thioether (sulfide) groups is 1. The Kier molecular flexibility index (Phi) is 5.53. The van der Waals surface area contributed by atoms with Crippen LogP contribution in [0.15, 0.2) is 47.4 Å². The lowest BCUT2D eigenvalue weighted by Gasteiger charge is -2.12. The van der Waals surface area contributed by atoms with Crippen molar-refractivity contribution in [3.63, 3.8) is 0 Å². The van der Waals surface area contributed by atoms with Gasteiger partial charge >= 0.3 is 0 Å². The molecule has 0 amide bonds. The third-order valence-corrected chi connectivity index (χ3v) is 4.75. The van der Waals surface area contributed by atoms with Gasteiger partial charge < -0.3 is 5.73 Å². The molecule has 106 valence electrons. The van der Waals surface area contributed by atoms with Gasteiger partial charge in [-0.25, -0.2) is 0 Å². The first kappa shape index (κ1) is 15.4. The van der Waals surface area contributed by atoms with Gasteiger partial charge in [0, 0.05) is 21.7 Å². The number of hydrogen-bond acceptors (Lipinski definition) is 2. The Hall–Kier alpha value is -0.960. The molecule has 0 bridgehead atoms. The summed E-state index contributed by atoms with van der Waals surface area (Å²) >= 11 is 7.74. The zero-order valence-electron chi connectivity index (χ0n) is 11.9. The number of nitrogens with two attached hydrogens (primary N) is 1. The average molecular weight is 306 g/mol. The number of aryl methyl sites for hydroxylation is 2. The molecule has 1 nitrogen and oxygen atoms in total. The summed E-state index contributed by atoms with van der Waals surface area (Å²) in [6.45, 7) is 4.28. The van der Waals surface area contributed by atoms with Crippen LogP contribution in [0, 0.1) is 13.8 Å². The zero-order chi connectivity index (χ0) is 14.5. The molecule has 1 atom stereocenters. The van der Waals surface area contributed by atoms with E-state index < -0.39 is 0 Å². The van der Waals surface area contributed by atoms with E-state index in [0.717, 1.165) is 17.2 Å². The first-order valence-corrected chi connectivity index (χ1v) is 8.11. The molecule has 0 aliphatic carbocycles. The van der Waals surface area contributed by atoms with Gasteiger partial charge in [-0.1, -0.05) is 35.9 Å². The Bertz CT molecular complexity index is 583. The van der Waals surface area contributed by atoms with Crippen molar-refractivity contribution in [2.45, 2.75) is 31.2 Å². The molecule has 2 N–H and O–H groups in total. The molecule has 3 heteroatoms. The van der Waals surface area contributed by atoms with Crippen LogP contribution in [-0.4, -0.2) is 11.8 Å². The van der Waals surface area contributed by atoms with Gasteiger partial charge in [0.1, 0.15) is 0 Å². The van der Waals surface area contributed by atoms with Crippen molar-refractivity contribution in [1.82, 2.24) is 0 Å². The fourth-order valence-electron chi connectivity index (χ4n) is 2.05. The lowest BCUT2D eigenvalue weighted by atomic mass is 10.0. The van der Waals surface area contributed by atoms with Gasteiger partial charge in [-0.15, -0.1) is 11.8 Å². The minimum absolute atomic E-state index is 0.154. The number of halogens is 1. The third-order valence-electron chi connectivity index (χ3n) is 3.33. The monoisotopic (exact) mass is 305 g/mol. The molecule has 0 aromatic heterocycles. The largest absolute Gasteiger partial charge is 0.327 e. The van der Waals surface area contributed by atoms with Gasteiger partial charge in [0.25, 0.3) is 0 Å². The molecule has 1 unspecified atom stereocenters. The SMILES string of the molecule is Cc1ccc(CC(N)CSc2cccc(Cl)c2)cc1C. The van der Waals surface area contributed by atoms with Gasteiger partial charge in [0.05, 0.1) is 0 Å². The lowest BCUT2D eigenvalue weighted by Crippen LogP contribution is -2.25. The molecular weight excluding hydrogens is 286 g/mol. The first-order chi connectivity index (χ1) is 9.54. The molecule has 2 aromatic rings. The summed E-state index contributed by atoms with van der Waals surface area (Å²) < 4.78 is 0. The lowest BCUT2D eigenvalue weighted by molar-refractivity contribution is 0.748. The predicted molar refractivity (Wildman–Crippen MR) is 89.8 cm³/mol. The maximum atomic E-state index is 6.23. The van der Waals surface area contributed by atoms with Crippen LogP contribution in [0.2, 0.25) is 5.02 Å². The summed E-state index contributed by atoms with van der Waals surface area (Å²) in [7, 11) is 0. The highest BCUT2D eigenvalue weighted by Gasteiger charge is 2.06. The Morgan fingerprint density at radius 3 is 2.60 bits per heavy atom. The van der Waals surface area contributed by atoms with Crippen molar-refractivity contribution in [2.75, 3.05) is 5.75 Å². The summed E-state index contributed by atoms with van der Waals surface area (Å²) in [5, 5.41) is 0.776. The minimum atomic E-state index is 0.154. The summed E-state index contributed by atoms with van der Waals surface area (Å²) in [4.78, 5) is 1.17. The molecule has 2 aromatic carbocycles. The summed E-state index contributed by atoms with van der Waals surface area (Å²) in [6.07, 6.45) is 0.911. The fourth-order valence-corrected chi connectivity index (χ4v) is 3.22. The highest BCUT2D eigenvalue weighted by atomic mass is 35.5. The second-order valence-corrected chi connectivity index (χ2v) is 6.68. The van der Waals surface area contributed by atoms with Gasteiger partial charge in [0.15, 0.2) is 0 Å². The van der Waals surface area contributed by atoms with Crippen LogP contribution in [0.4, 0.5) is 0 Å². The summed E-state index contributed by atoms with van der Waals surface area (Å²) in [5.74, 6) is 0.896. The smallest absolute Gasteiger partial charge is 0.0417 e. The standard InChI is InChI=1S/C17H20ClNS/c1-12-6-7-14(8-13(12)2)9-16(19)11-20-17-5-3-4-15(18)10-17/h3-8,10,16H,9,11,19H2,1-2H3. The van der Waals surface area contributed by atoms with E-state index in [0.29, 0.717) is 0 Å². The van der Waals surface area contributed by atoms with E-state index in [9.17, 15) is 0 Å². The normalized spacial score (nSPS) is 12.4. The quantitative estimate of drug-likeness (QED) is 0.816. The number of benzene rings is 2. The van der Waals surface area contributed by atoms with Crippen molar-refractivity contribution in [3.05, 3.63) is 64.2 Å². The van der Waals surface area contributed by atoms with Crippen LogP contribution < -0.4 is 5.73 Å². The molecule has 0 heterocycles. The first-order valence-electron chi connectivity index (χ1n) is 6.74. The van der Waals surface area contributed by atoms with Crippen molar-refractivity contribution >= 4 is 23.4 Å². The molecule has 2 rings (SSSR count). The molecular formula is C17H20ClNS. The summed E-state index contributed by atoms with van der Waals surface area (Å²) in [6, 6.07) is 14.6. The average Bonchev–Trinajstić information content (AvgIpc) is 2.41. The zero-order valence-corrected chi connectivity index (χ0v) is 13.5. The van der Waals surface area contributed by atoms with E-state index in [-0.39, 0.29) is 6.04 Å². The molecule has 0 spiro atoms. The Labute approximate surface area is 130 Å². The number of rotatable bonds is 5. The maximum Gasteiger partial charge on any atom is 0.0417 e. The molecule has 0 saturated carbocycles. The van der Waals surface area contributed by atoms with Crippen molar-refractivity contribution in [3.8, 4) is 0 Å². The van der Waals surface area contributed by atoms with Crippen molar-refractivity contribution < 1.29 is 0 Å². The minimum Gasteiger partial charge on any atom is -0.327 e. The van der Waals surface area contributed by atoms with Gasteiger partial charge in [-0.3, -0.25) is 0 Å². The topological polar surface area (TPSA) is 26.0 Å². The van der Waals surface area contributed by atoms with E-state index in [1.54, 1.807) is 11.8 Å². The van der Waals surface area contributed by atoms with Gasteiger partial charge in [-0.05, 0) is 55.2 Å². The van der Waals surface area contributed by atoms with Crippen molar-refractivity contribution in [1.29, 1.82) is 0 Å². The predicted octanol–water partition coefficient (Wildman–Crippen LogP) is 4.62. The van der Waals surface area contributed by atoms with Gasteiger partial charge in [0.2, 0.25) is 0 Å². The van der Waals surface area contributed by atoms with E-state index in [4.69, 9.17) is 17.3 Å². The molecule has 0 aliphatic rings. The summed E-state index contributed by atoms with van der Waals surface area (Å²) in [5.41, 5.74) is 10.2. The number of hydrogen-bond donors (Lipinski definition) is 1. The highest BCUT2D eigenvalue weighted by Crippen LogP contribution is 2.22. The van der Waals surface area contributed by atoms with Crippen LogP contribution >= 0.6 is 23.4 Å². The second-order valence-electron chi connectivity index (χ2n) is 5.15.